The fourth-order valence-corrected chi connectivity index (χ4v) is 4.20. The number of amides is 1. The molecule has 39 heavy (non-hydrogen) atoms. The molecule has 1 aliphatic rings. The van der Waals surface area contributed by atoms with Gasteiger partial charge in [0.1, 0.15) is 11.9 Å². The lowest BCUT2D eigenvalue weighted by Gasteiger charge is -2.33. The number of hydrogen-bond donors (Lipinski definition) is 2. The summed E-state index contributed by atoms with van der Waals surface area (Å²) in [7, 11) is 1.99. The number of aryl methyl sites for hydroxylation is 1. The van der Waals surface area contributed by atoms with Gasteiger partial charge in [0, 0.05) is 55.7 Å². The van der Waals surface area contributed by atoms with Crippen LogP contribution in [0.25, 0.3) is 0 Å². The summed E-state index contributed by atoms with van der Waals surface area (Å²) in [5.74, 6) is 5.46. The lowest BCUT2D eigenvalue weighted by molar-refractivity contribution is -0.138. The van der Waals surface area contributed by atoms with E-state index in [-0.39, 0.29) is 34.7 Å². The molecule has 3 aromatic rings. The number of alkyl halides is 3. The Balaban J connectivity index is 1.55. The van der Waals surface area contributed by atoms with Crippen molar-refractivity contribution in [3.05, 3.63) is 87.6 Å². The number of nitrogens with zero attached hydrogens (tertiary/aromatic N) is 4. The van der Waals surface area contributed by atoms with Crippen LogP contribution in [0.2, 0.25) is 0 Å². The lowest BCUT2D eigenvalue weighted by atomic mass is 10.0. The number of piperazine rings is 1. The summed E-state index contributed by atoms with van der Waals surface area (Å²) in [5.41, 5.74) is 7.29. The number of carbonyl (C=O) groups is 1. The predicted molar refractivity (Wildman–Crippen MR) is 143 cm³/mol. The van der Waals surface area contributed by atoms with Crippen LogP contribution in [0.4, 0.5) is 24.7 Å². The largest absolute Gasteiger partial charge is 0.416 e. The number of nitrogens with one attached hydrogen (secondary N) is 1. The summed E-state index contributed by atoms with van der Waals surface area (Å²) in [6, 6.07) is 12.2. The van der Waals surface area contributed by atoms with Crippen LogP contribution in [0.3, 0.4) is 0 Å². The molecule has 1 aromatic heterocycles. The van der Waals surface area contributed by atoms with E-state index in [2.05, 4.69) is 27.0 Å². The van der Waals surface area contributed by atoms with E-state index < -0.39 is 17.6 Å². The van der Waals surface area contributed by atoms with Gasteiger partial charge in [0.15, 0.2) is 0 Å². The third kappa shape index (κ3) is 6.94. The summed E-state index contributed by atoms with van der Waals surface area (Å²) < 4.78 is 41.8. The molecule has 1 fully saturated rings. The standard InChI is InChI=1S/C29H27F3N6O/c1-19-3-4-21(13-20(19)5-6-22-17-35-27(34)14-24(22)16-33)28(39)36-25-8-7-23(26(15-25)29(30,31)32)18-38-11-9-37(2)10-12-38/h3-4,7-8,13-15,17H,9-12,18H2,1-2H3,(H2,34,35)(H,36,39). The maximum absolute atomic E-state index is 13.9. The molecule has 2 aromatic carbocycles. The van der Waals surface area contributed by atoms with Crippen molar-refractivity contribution in [3.63, 3.8) is 0 Å². The topological polar surface area (TPSA) is 98.3 Å². The lowest BCUT2D eigenvalue weighted by Crippen LogP contribution is -2.44. The Hall–Kier alpha value is -4.38. The third-order valence-corrected chi connectivity index (χ3v) is 6.54. The van der Waals surface area contributed by atoms with E-state index in [0.717, 1.165) is 24.7 Å². The Bertz CT molecular complexity index is 1490. The van der Waals surface area contributed by atoms with Crippen LogP contribution < -0.4 is 11.1 Å². The minimum Gasteiger partial charge on any atom is -0.384 e. The van der Waals surface area contributed by atoms with Crippen molar-refractivity contribution < 1.29 is 18.0 Å². The highest BCUT2D eigenvalue weighted by Crippen LogP contribution is 2.34. The number of nitrogen functional groups attached to an aromatic ring is 1. The first-order chi connectivity index (χ1) is 18.5. The summed E-state index contributed by atoms with van der Waals surface area (Å²) in [4.78, 5) is 21.1. The first-order valence-corrected chi connectivity index (χ1v) is 12.2. The van der Waals surface area contributed by atoms with Gasteiger partial charge in [0.05, 0.1) is 16.7 Å². The molecule has 0 aliphatic carbocycles. The van der Waals surface area contributed by atoms with Gasteiger partial charge >= 0.3 is 6.18 Å². The summed E-state index contributed by atoms with van der Waals surface area (Å²) >= 11 is 0. The first kappa shape index (κ1) is 27.6. The highest BCUT2D eigenvalue weighted by atomic mass is 19.4. The Morgan fingerprint density at radius 1 is 1.05 bits per heavy atom. The molecule has 2 heterocycles. The summed E-state index contributed by atoms with van der Waals surface area (Å²) in [5, 5.41) is 11.9. The second-order valence-corrected chi connectivity index (χ2v) is 9.45. The molecule has 7 nitrogen and oxygen atoms in total. The minimum absolute atomic E-state index is 0.0503. The van der Waals surface area contributed by atoms with Gasteiger partial charge in [0.25, 0.3) is 5.91 Å². The number of halogens is 3. The SMILES string of the molecule is Cc1ccc(C(=O)Nc2ccc(CN3CCN(C)CC3)c(C(F)(F)F)c2)cc1C#Cc1cnc(N)cc1C#N. The average molecular weight is 533 g/mol. The van der Waals surface area contributed by atoms with Gasteiger partial charge in [-0.3, -0.25) is 9.69 Å². The number of pyridine rings is 1. The molecule has 200 valence electrons. The van der Waals surface area contributed by atoms with E-state index in [1.165, 1.54) is 24.4 Å². The Morgan fingerprint density at radius 2 is 1.77 bits per heavy atom. The normalized spacial score (nSPS) is 14.3. The number of nitrogens with two attached hydrogens (primary N) is 1. The van der Waals surface area contributed by atoms with Gasteiger partial charge in [-0.2, -0.15) is 18.4 Å². The number of hydrogen-bond acceptors (Lipinski definition) is 6. The van der Waals surface area contributed by atoms with Crippen molar-refractivity contribution in [2.45, 2.75) is 19.6 Å². The summed E-state index contributed by atoms with van der Waals surface area (Å²) in [6.45, 7) is 4.99. The zero-order valence-corrected chi connectivity index (χ0v) is 21.6. The number of aromatic nitrogens is 1. The molecule has 1 amide bonds. The number of nitriles is 1. The molecule has 1 saturated heterocycles. The van der Waals surface area contributed by atoms with Gasteiger partial charge in [-0.05, 0) is 55.4 Å². The number of carbonyl (C=O) groups excluding carboxylic acids is 1. The molecular weight excluding hydrogens is 505 g/mol. The van der Waals surface area contributed by atoms with Crippen LogP contribution in [0.5, 0.6) is 0 Å². The van der Waals surface area contributed by atoms with Crippen molar-refractivity contribution in [2.75, 3.05) is 44.3 Å². The molecule has 0 saturated carbocycles. The van der Waals surface area contributed by atoms with E-state index in [1.807, 2.05) is 24.9 Å². The second kappa shape index (κ2) is 11.6. The predicted octanol–water partition coefficient (Wildman–Crippen LogP) is 4.26. The third-order valence-electron chi connectivity index (χ3n) is 6.54. The van der Waals surface area contributed by atoms with Crippen molar-refractivity contribution >= 4 is 17.4 Å². The molecule has 10 heteroatoms. The molecular formula is C29H27F3N6O. The second-order valence-electron chi connectivity index (χ2n) is 9.45. The van der Waals surface area contributed by atoms with Crippen molar-refractivity contribution in [2.24, 2.45) is 0 Å². The molecule has 0 spiro atoms. The smallest absolute Gasteiger partial charge is 0.384 e. The van der Waals surface area contributed by atoms with Gasteiger partial charge in [0.2, 0.25) is 0 Å². The highest BCUT2D eigenvalue weighted by molar-refractivity contribution is 6.04. The maximum Gasteiger partial charge on any atom is 0.416 e. The maximum atomic E-state index is 13.9. The van der Waals surface area contributed by atoms with E-state index >= 15 is 0 Å². The molecule has 0 atom stereocenters. The highest BCUT2D eigenvalue weighted by Gasteiger charge is 2.34. The zero-order chi connectivity index (χ0) is 28.2. The van der Waals surface area contributed by atoms with Crippen molar-refractivity contribution in [3.8, 4) is 17.9 Å². The van der Waals surface area contributed by atoms with E-state index in [9.17, 15) is 23.2 Å². The van der Waals surface area contributed by atoms with Gasteiger partial charge < -0.3 is 16.0 Å². The van der Waals surface area contributed by atoms with Crippen molar-refractivity contribution in [1.82, 2.24) is 14.8 Å². The Morgan fingerprint density at radius 3 is 2.46 bits per heavy atom. The minimum atomic E-state index is -4.56. The zero-order valence-electron chi connectivity index (χ0n) is 21.6. The molecule has 3 N–H and O–H groups in total. The molecule has 1 aliphatic heterocycles. The van der Waals surface area contributed by atoms with Crippen LogP contribution in [-0.2, 0) is 12.7 Å². The number of rotatable bonds is 4. The van der Waals surface area contributed by atoms with Gasteiger partial charge in [-0.1, -0.05) is 24.0 Å². The van der Waals surface area contributed by atoms with Crippen LogP contribution in [0.1, 0.15) is 43.7 Å². The van der Waals surface area contributed by atoms with Crippen LogP contribution >= 0.6 is 0 Å². The van der Waals surface area contributed by atoms with Crippen molar-refractivity contribution in [1.29, 1.82) is 5.26 Å². The van der Waals surface area contributed by atoms with Crippen LogP contribution in [0.15, 0.2) is 48.7 Å². The number of likely N-dealkylation sites (N-methyl/N-ethyl adjacent to an activating group) is 1. The molecule has 0 radical (unpaired) electrons. The number of benzene rings is 2. The molecule has 0 bridgehead atoms. The monoisotopic (exact) mass is 532 g/mol. The van der Waals surface area contributed by atoms with Crippen LogP contribution in [-0.4, -0.2) is 53.9 Å². The van der Waals surface area contributed by atoms with Gasteiger partial charge in [-0.25, -0.2) is 4.98 Å². The Labute approximate surface area is 225 Å². The average Bonchev–Trinajstić information content (AvgIpc) is 2.90. The first-order valence-electron chi connectivity index (χ1n) is 12.2. The van der Waals surface area contributed by atoms with E-state index in [1.54, 1.807) is 18.2 Å². The van der Waals surface area contributed by atoms with Gasteiger partial charge in [-0.15, -0.1) is 0 Å². The quantitative estimate of drug-likeness (QED) is 0.488. The fraction of sp³-hybridized carbons (Fsp3) is 0.276. The Kier molecular flexibility index (Phi) is 8.20. The van der Waals surface area contributed by atoms with Crippen LogP contribution in [0, 0.1) is 30.1 Å². The molecule has 0 unspecified atom stereocenters. The number of anilines is 2. The molecule has 4 rings (SSSR count). The summed E-state index contributed by atoms with van der Waals surface area (Å²) in [6.07, 6.45) is -3.16. The van der Waals surface area contributed by atoms with E-state index in [4.69, 9.17) is 5.73 Å². The fourth-order valence-electron chi connectivity index (χ4n) is 4.20. The van der Waals surface area contributed by atoms with E-state index in [0.29, 0.717) is 24.2 Å².